The third-order valence-corrected chi connectivity index (χ3v) is 5.33. The number of aromatic amines is 1. The zero-order chi connectivity index (χ0) is 20.4. The number of methoxy groups -OCH3 is 1. The lowest BCUT2D eigenvalue weighted by Crippen LogP contribution is -2.15. The molecule has 7 nitrogen and oxygen atoms in total. The summed E-state index contributed by atoms with van der Waals surface area (Å²) in [6.07, 6.45) is 0. The van der Waals surface area contributed by atoms with Gasteiger partial charge >= 0.3 is 5.97 Å². The monoisotopic (exact) mass is 399 g/mol. The number of ether oxygens (including phenoxy) is 1. The number of H-pyrrole nitrogens is 1. The highest BCUT2D eigenvalue weighted by Crippen LogP contribution is 2.29. The predicted molar refractivity (Wildman–Crippen MR) is 106 cm³/mol. The number of esters is 1. The molecule has 1 aromatic carbocycles. The van der Waals surface area contributed by atoms with Crippen molar-refractivity contribution >= 4 is 23.5 Å². The van der Waals surface area contributed by atoms with Crippen LogP contribution in [0, 0.1) is 20.8 Å². The lowest BCUT2D eigenvalue weighted by atomic mass is 10.1. The maximum absolute atomic E-state index is 12.9. The SMILES string of the molecule is COC(=O)c1c(C)[nH]c(C(=O)[C@@H](C)Sc2nnc(-c3cccc(C)c3)o2)c1C. The molecular formula is C20H21N3O4S. The molecule has 2 aromatic heterocycles. The van der Waals surface area contributed by atoms with Gasteiger partial charge in [-0.1, -0.05) is 29.5 Å². The molecule has 28 heavy (non-hydrogen) atoms. The molecule has 0 fully saturated rings. The van der Waals surface area contributed by atoms with Crippen LogP contribution in [0.5, 0.6) is 0 Å². The van der Waals surface area contributed by atoms with Crippen molar-refractivity contribution in [1.29, 1.82) is 0 Å². The first kappa shape index (κ1) is 19.9. The standard InChI is InChI=1S/C20H21N3O4S/c1-10-7-6-8-14(9-10)18-22-23-20(27-18)28-13(4)17(24)16-11(2)15(12(3)21-16)19(25)26-5/h6-9,13,21H,1-5H3/t13-/m1/s1. The van der Waals surface area contributed by atoms with Gasteiger partial charge in [-0.3, -0.25) is 4.79 Å². The number of Topliss-reactive ketones (excluding diaryl/α,β-unsaturated/α-hetero) is 1. The fourth-order valence-electron chi connectivity index (χ4n) is 2.96. The maximum Gasteiger partial charge on any atom is 0.339 e. The van der Waals surface area contributed by atoms with Crippen LogP contribution >= 0.6 is 11.8 Å². The highest BCUT2D eigenvalue weighted by Gasteiger charge is 2.27. The Morgan fingerprint density at radius 2 is 1.96 bits per heavy atom. The van der Waals surface area contributed by atoms with E-state index in [2.05, 4.69) is 15.2 Å². The number of benzene rings is 1. The number of hydrogen-bond donors (Lipinski definition) is 1. The molecule has 0 saturated carbocycles. The van der Waals surface area contributed by atoms with Crippen LogP contribution in [0.3, 0.4) is 0 Å². The molecule has 0 amide bonds. The molecule has 3 rings (SSSR count). The number of carbonyl (C=O) groups excluding carboxylic acids is 2. The van der Waals surface area contributed by atoms with Gasteiger partial charge in [-0.2, -0.15) is 0 Å². The van der Waals surface area contributed by atoms with Crippen LogP contribution in [-0.4, -0.2) is 39.3 Å². The Labute approximate surface area is 166 Å². The predicted octanol–water partition coefficient (Wildman–Crippen LogP) is 4.14. The summed E-state index contributed by atoms with van der Waals surface area (Å²) < 4.78 is 10.5. The van der Waals surface area contributed by atoms with E-state index in [9.17, 15) is 9.59 Å². The molecule has 0 saturated heterocycles. The molecule has 146 valence electrons. The molecule has 0 unspecified atom stereocenters. The second-order valence-electron chi connectivity index (χ2n) is 6.48. The molecule has 0 aliphatic rings. The zero-order valence-corrected chi connectivity index (χ0v) is 17.1. The van der Waals surface area contributed by atoms with Gasteiger partial charge in [0.2, 0.25) is 5.89 Å². The van der Waals surface area contributed by atoms with Crippen LogP contribution in [0.15, 0.2) is 33.9 Å². The van der Waals surface area contributed by atoms with E-state index in [-0.39, 0.29) is 5.78 Å². The Balaban J connectivity index is 1.78. The molecule has 8 heteroatoms. The van der Waals surface area contributed by atoms with Gasteiger partial charge in [0.15, 0.2) is 5.78 Å². The molecule has 0 aliphatic heterocycles. The van der Waals surface area contributed by atoms with Crippen LogP contribution in [-0.2, 0) is 4.74 Å². The quantitative estimate of drug-likeness (QED) is 0.378. The van der Waals surface area contributed by atoms with Gasteiger partial charge in [-0.15, -0.1) is 10.2 Å². The average Bonchev–Trinajstić information content (AvgIpc) is 3.25. The van der Waals surface area contributed by atoms with E-state index in [4.69, 9.17) is 9.15 Å². The van der Waals surface area contributed by atoms with Crippen LogP contribution in [0.2, 0.25) is 0 Å². The van der Waals surface area contributed by atoms with E-state index < -0.39 is 11.2 Å². The number of rotatable bonds is 6. The van der Waals surface area contributed by atoms with Gasteiger partial charge in [-0.05, 0) is 45.4 Å². The van der Waals surface area contributed by atoms with E-state index in [1.165, 1.54) is 18.9 Å². The van der Waals surface area contributed by atoms with E-state index in [1.54, 1.807) is 20.8 Å². The summed E-state index contributed by atoms with van der Waals surface area (Å²) in [6, 6.07) is 7.75. The summed E-state index contributed by atoms with van der Waals surface area (Å²) in [4.78, 5) is 27.8. The van der Waals surface area contributed by atoms with Crippen LogP contribution in [0.25, 0.3) is 11.5 Å². The van der Waals surface area contributed by atoms with E-state index in [1.807, 2.05) is 31.2 Å². The Morgan fingerprint density at radius 3 is 2.64 bits per heavy atom. The molecule has 2 heterocycles. The molecule has 0 radical (unpaired) electrons. The van der Waals surface area contributed by atoms with Crippen LogP contribution in [0.1, 0.15) is 44.6 Å². The number of nitrogens with zero attached hydrogens (tertiary/aromatic N) is 2. The lowest BCUT2D eigenvalue weighted by molar-refractivity contribution is 0.0599. The Bertz CT molecular complexity index is 1040. The molecule has 3 aromatic rings. The fourth-order valence-corrected chi connectivity index (χ4v) is 3.71. The van der Waals surface area contributed by atoms with Gasteiger partial charge in [0.1, 0.15) is 0 Å². The first-order valence-electron chi connectivity index (χ1n) is 8.70. The summed E-state index contributed by atoms with van der Waals surface area (Å²) in [5, 5.41) is 7.93. The van der Waals surface area contributed by atoms with Gasteiger partial charge < -0.3 is 14.1 Å². The average molecular weight is 399 g/mol. The fraction of sp³-hybridized carbons (Fsp3) is 0.300. The minimum Gasteiger partial charge on any atom is -0.465 e. The van der Waals surface area contributed by atoms with E-state index >= 15 is 0 Å². The van der Waals surface area contributed by atoms with Crippen LogP contribution in [0.4, 0.5) is 0 Å². The summed E-state index contributed by atoms with van der Waals surface area (Å²) in [5.74, 6) is -0.216. The Kier molecular flexibility index (Phi) is 5.69. The largest absolute Gasteiger partial charge is 0.465 e. The number of aromatic nitrogens is 3. The Hall–Kier alpha value is -2.87. The summed E-state index contributed by atoms with van der Waals surface area (Å²) in [5.41, 5.74) is 3.88. The Morgan fingerprint density at radius 1 is 1.21 bits per heavy atom. The van der Waals surface area contributed by atoms with Crippen molar-refractivity contribution < 1.29 is 18.7 Å². The van der Waals surface area contributed by atoms with Gasteiger partial charge in [0.25, 0.3) is 5.22 Å². The van der Waals surface area contributed by atoms with Crippen molar-refractivity contribution in [3.8, 4) is 11.5 Å². The minimum absolute atomic E-state index is 0.156. The summed E-state index contributed by atoms with van der Waals surface area (Å²) >= 11 is 1.18. The maximum atomic E-state index is 12.9. The zero-order valence-electron chi connectivity index (χ0n) is 16.3. The minimum atomic E-state index is -0.479. The second kappa shape index (κ2) is 8.02. The van der Waals surface area contributed by atoms with E-state index in [0.717, 1.165) is 11.1 Å². The molecule has 0 spiro atoms. The first-order valence-corrected chi connectivity index (χ1v) is 9.58. The first-order chi connectivity index (χ1) is 13.3. The third kappa shape index (κ3) is 3.87. The number of hydrogen-bond acceptors (Lipinski definition) is 7. The highest BCUT2D eigenvalue weighted by atomic mass is 32.2. The van der Waals surface area contributed by atoms with Crippen molar-refractivity contribution in [3.63, 3.8) is 0 Å². The van der Waals surface area contributed by atoms with Crippen molar-refractivity contribution in [1.82, 2.24) is 15.2 Å². The van der Waals surface area contributed by atoms with Crippen molar-refractivity contribution in [2.24, 2.45) is 0 Å². The highest BCUT2D eigenvalue weighted by molar-refractivity contribution is 8.00. The molecule has 0 bridgehead atoms. The second-order valence-corrected chi connectivity index (χ2v) is 7.78. The summed E-state index contributed by atoms with van der Waals surface area (Å²) in [7, 11) is 1.32. The lowest BCUT2D eigenvalue weighted by Gasteiger charge is -2.07. The molecule has 1 atom stereocenters. The third-order valence-electron chi connectivity index (χ3n) is 4.39. The van der Waals surface area contributed by atoms with Crippen LogP contribution < -0.4 is 0 Å². The van der Waals surface area contributed by atoms with E-state index in [0.29, 0.717) is 33.6 Å². The normalized spacial score (nSPS) is 12.0. The molecule has 0 aliphatic carbocycles. The van der Waals surface area contributed by atoms with Crippen molar-refractivity contribution in [2.45, 2.75) is 38.2 Å². The number of thioether (sulfide) groups is 1. The van der Waals surface area contributed by atoms with Gasteiger partial charge in [0.05, 0.1) is 23.6 Å². The number of nitrogens with one attached hydrogen (secondary N) is 1. The topological polar surface area (TPSA) is 98.1 Å². The van der Waals surface area contributed by atoms with Gasteiger partial charge in [0, 0.05) is 11.3 Å². The van der Waals surface area contributed by atoms with Gasteiger partial charge in [-0.25, -0.2) is 4.79 Å². The van der Waals surface area contributed by atoms with Crippen molar-refractivity contribution in [2.75, 3.05) is 7.11 Å². The number of aryl methyl sites for hydroxylation is 2. The molecular weight excluding hydrogens is 378 g/mol. The number of ketones is 1. The smallest absolute Gasteiger partial charge is 0.339 e. The summed E-state index contributed by atoms with van der Waals surface area (Å²) in [6.45, 7) is 7.21. The number of carbonyl (C=O) groups is 2. The molecule has 1 N–H and O–H groups in total. The van der Waals surface area contributed by atoms with Crippen molar-refractivity contribution in [3.05, 3.63) is 52.3 Å².